The summed E-state index contributed by atoms with van der Waals surface area (Å²) in [6.45, 7) is 0. The Morgan fingerprint density at radius 2 is 0.667 bits per heavy atom. The van der Waals surface area contributed by atoms with E-state index in [9.17, 15) is 0 Å². The van der Waals surface area contributed by atoms with Gasteiger partial charge < -0.3 is 27.4 Å². The normalized spacial score (nSPS) is 0. The zero-order valence-electron chi connectivity index (χ0n) is 4.58. The third-order valence-corrected chi connectivity index (χ3v) is 0. The number of hydrogen-bond donors (Lipinski definition) is 0. The van der Waals surface area contributed by atoms with Crippen molar-refractivity contribution in [2.75, 3.05) is 0 Å². The fourth-order valence-electron chi connectivity index (χ4n) is 0. The Kier molecular flexibility index (Phi) is 2620. The molecule has 9 heteroatoms. The summed E-state index contributed by atoms with van der Waals surface area (Å²) in [4.78, 5) is 0. The minimum Gasteiger partial charge on any atom is 4.00 e. The molecule has 0 aromatic heterocycles. The second kappa shape index (κ2) is 133. The third kappa shape index (κ3) is 107. The standard InChI is InChI=1S/Bi.Li.H2O.4O.H2Te.Ti/h;;1H2;;;;;1H2;/q+3;+1;;4*-2;;+4. The van der Waals surface area contributed by atoms with E-state index in [-0.39, 0.29) is 118 Å². The molecule has 0 aliphatic heterocycles. The Bertz CT molecular complexity index is 16.9. The average Bonchev–Trinajstić information content (AvgIpc) is 0. The predicted octanol–water partition coefficient (Wildman–Crippen LogP) is -5.60. The SMILES string of the molecule is O.[Bi+3].[Li+].[O-2].[O-2].[O-2].[O-2].[TeH2].[Ti+4]. The van der Waals surface area contributed by atoms with Gasteiger partial charge in [-0.15, -0.1) is 0 Å². The maximum Gasteiger partial charge on any atom is 4.00 e. The number of hydrogen-bond acceptors (Lipinski definition) is 0. The maximum atomic E-state index is 0. The smallest absolute Gasteiger partial charge is 4.00 e. The molecule has 0 saturated heterocycles. The molecule has 0 aliphatic carbocycles. The van der Waals surface area contributed by atoms with Crippen LogP contribution in [0.3, 0.4) is 0 Å². The fourth-order valence-corrected chi connectivity index (χ4v) is 0. The van der Waals surface area contributed by atoms with Gasteiger partial charge in [-0.3, -0.25) is 0 Å². The maximum absolute atomic E-state index is 0. The van der Waals surface area contributed by atoms with Gasteiger partial charge >= 0.3 is 90.4 Å². The van der Waals surface area contributed by atoms with Crippen LogP contribution in [0.1, 0.15) is 0 Å². The summed E-state index contributed by atoms with van der Waals surface area (Å²) in [7, 11) is 0. The van der Waals surface area contributed by atoms with Gasteiger partial charge in [0.2, 0.25) is 0 Å². The molecule has 9 heavy (non-hydrogen) atoms. The van der Waals surface area contributed by atoms with Crippen molar-refractivity contribution in [3.05, 3.63) is 0 Å². The van der Waals surface area contributed by atoms with E-state index < -0.39 is 0 Å². The molecule has 0 heterocycles. The summed E-state index contributed by atoms with van der Waals surface area (Å²) in [6.07, 6.45) is 0. The summed E-state index contributed by atoms with van der Waals surface area (Å²) < 4.78 is 0. The molecule has 0 atom stereocenters. The van der Waals surface area contributed by atoms with Crippen LogP contribution in [0.2, 0.25) is 0 Å². The molecule has 0 amide bonds. The molecule has 0 spiro atoms. The molecule has 2 N–H and O–H groups in total. The zero-order chi connectivity index (χ0) is 0. The van der Waals surface area contributed by atoms with E-state index in [2.05, 4.69) is 0 Å². The van der Waals surface area contributed by atoms with Crippen molar-refractivity contribution in [2.24, 2.45) is 0 Å². The van der Waals surface area contributed by atoms with Gasteiger partial charge in [-0.25, -0.2) is 0 Å². The van der Waals surface area contributed by atoms with Gasteiger partial charge in [-0.2, -0.15) is 0 Å². The number of rotatable bonds is 0. The first kappa shape index (κ1) is 177. The molecule has 0 saturated carbocycles. The molecule has 0 unspecified atom stereocenters. The minimum atomic E-state index is 0. The minimum absolute atomic E-state index is 0. The van der Waals surface area contributed by atoms with Crippen molar-refractivity contribution in [3.63, 3.8) is 0 Å². The summed E-state index contributed by atoms with van der Waals surface area (Å²) in [5, 5.41) is 0. The van der Waals surface area contributed by atoms with Crippen molar-refractivity contribution in [3.8, 4) is 0 Å². The van der Waals surface area contributed by atoms with Crippen molar-refractivity contribution >= 4 is 49.9 Å². The van der Waals surface area contributed by atoms with Gasteiger partial charge in [0.1, 0.15) is 0 Å². The van der Waals surface area contributed by atoms with Gasteiger partial charge in [0.25, 0.3) is 0 Å². The van der Waals surface area contributed by atoms with Crippen LogP contribution < -0.4 is 18.9 Å². The van der Waals surface area contributed by atoms with E-state index in [4.69, 9.17) is 0 Å². The van der Waals surface area contributed by atoms with Crippen LogP contribution in [0, 0.1) is 0 Å². The quantitative estimate of drug-likeness (QED) is 0.308. The van der Waals surface area contributed by atoms with Gasteiger partial charge in [-0.05, 0) is 0 Å². The molecular formula is H4BiLiO5TeTi. The van der Waals surface area contributed by atoms with E-state index in [1.165, 1.54) is 0 Å². The summed E-state index contributed by atoms with van der Waals surface area (Å²) in [5.74, 6) is 0. The van der Waals surface area contributed by atoms with Crippen LogP contribution in [0.25, 0.3) is 0 Å². The van der Waals surface area contributed by atoms with E-state index in [0.717, 1.165) is 0 Å². The third-order valence-electron chi connectivity index (χ3n) is 0. The Labute approximate surface area is 116 Å². The molecule has 50 valence electrons. The van der Waals surface area contributed by atoms with Gasteiger partial charge in [0.15, 0.2) is 0 Å². The van der Waals surface area contributed by atoms with E-state index in [1.807, 2.05) is 0 Å². The monoisotopic (exact) mass is 478 g/mol. The first-order valence-electron chi connectivity index (χ1n) is 0. The Balaban J connectivity index is 0. The first-order valence-corrected chi connectivity index (χ1v) is 0. The van der Waals surface area contributed by atoms with Crippen LogP contribution in [-0.4, -0.2) is 55.3 Å². The largest absolute Gasteiger partial charge is 4.00 e. The van der Waals surface area contributed by atoms with Crippen LogP contribution in [-0.2, 0) is 43.6 Å². The van der Waals surface area contributed by atoms with E-state index in [1.54, 1.807) is 0 Å². The summed E-state index contributed by atoms with van der Waals surface area (Å²) in [5.41, 5.74) is 0. The molecule has 0 aromatic carbocycles. The van der Waals surface area contributed by atoms with Crippen molar-refractivity contribution in [1.29, 1.82) is 0 Å². The van der Waals surface area contributed by atoms with Gasteiger partial charge in [-0.1, -0.05) is 0 Å². The second-order valence-electron chi connectivity index (χ2n) is 0. The van der Waals surface area contributed by atoms with Crippen LogP contribution in [0.4, 0.5) is 0 Å². The van der Waals surface area contributed by atoms with E-state index >= 15 is 0 Å². The zero-order valence-corrected chi connectivity index (χ0v) is 12.5. The van der Waals surface area contributed by atoms with Gasteiger partial charge in [0, 0.05) is 0 Å². The van der Waals surface area contributed by atoms with Crippen molar-refractivity contribution < 1.29 is 68.0 Å². The average molecular weight is 475 g/mol. The summed E-state index contributed by atoms with van der Waals surface area (Å²) in [6, 6.07) is 0. The molecular weight excluding hydrogens is 471 g/mol. The second-order valence-corrected chi connectivity index (χ2v) is 0. The molecule has 5 nitrogen and oxygen atoms in total. The molecule has 0 rings (SSSR count). The van der Waals surface area contributed by atoms with E-state index in [0.29, 0.717) is 0 Å². The molecule has 0 aromatic rings. The molecule has 0 bridgehead atoms. The van der Waals surface area contributed by atoms with Crippen LogP contribution in [0.15, 0.2) is 0 Å². The predicted molar refractivity (Wildman–Crippen MR) is 20.7 cm³/mol. The molecule has 0 fully saturated rings. The Hall–Kier alpha value is 2.78. The van der Waals surface area contributed by atoms with Crippen LogP contribution in [0.5, 0.6) is 0 Å². The fraction of sp³-hybridized carbons (Fsp3) is 0. The first-order chi connectivity index (χ1) is 0. The van der Waals surface area contributed by atoms with Crippen LogP contribution >= 0.6 is 0 Å². The Morgan fingerprint density at radius 1 is 0.667 bits per heavy atom. The Morgan fingerprint density at radius 3 is 0.667 bits per heavy atom. The van der Waals surface area contributed by atoms with Gasteiger partial charge in [0.05, 0.1) is 0 Å². The summed E-state index contributed by atoms with van der Waals surface area (Å²) >= 11 is 0. The topological polar surface area (TPSA) is 146 Å². The van der Waals surface area contributed by atoms with Crippen molar-refractivity contribution in [2.45, 2.75) is 0 Å². The molecule has 2 radical (unpaired) electrons. The molecule has 0 aliphatic rings. The van der Waals surface area contributed by atoms with Crippen molar-refractivity contribution in [1.82, 2.24) is 0 Å².